The Balaban J connectivity index is 1.93. The van der Waals surface area contributed by atoms with Crippen molar-refractivity contribution < 1.29 is 4.79 Å². The summed E-state index contributed by atoms with van der Waals surface area (Å²) in [5, 5.41) is 13.1. The molecule has 124 valence electrons. The number of benzene rings is 2. The van der Waals surface area contributed by atoms with Gasteiger partial charge in [0.15, 0.2) is 0 Å². The average molecular weight is 331 g/mol. The van der Waals surface area contributed by atoms with Crippen LogP contribution in [0.15, 0.2) is 66.9 Å². The van der Waals surface area contributed by atoms with Crippen LogP contribution in [0.25, 0.3) is 16.9 Å². The van der Waals surface area contributed by atoms with E-state index < -0.39 is 0 Å². The van der Waals surface area contributed by atoms with Gasteiger partial charge in [-0.15, -0.1) is 0 Å². The van der Waals surface area contributed by atoms with Crippen molar-refractivity contribution in [1.29, 1.82) is 5.26 Å². The Morgan fingerprint density at radius 3 is 2.44 bits per heavy atom. The Hall–Kier alpha value is -3.43. The standard InChI is InChI=1S/C19H17N5O/c20-12-7-13-21-22-19(25)17-14-24(16-10-5-2-6-11-16)23-18(17)15-8-3-1-4-9-15/h1-6,8-11,14,21H,7,13H2,(H,22,25). The van der Waals surface area contributed by atoms with Gasteiger partial charge >= 0.3 is 0 Å². The van der Waals surface area contributed by atoms with Gasteiger partial charge in [0.05, 0.1) is 17.3 Å². The predicted molar refractivity (Wildman–Crippen MR) is 94.7 cm³/mol. The summed E-state index contributed by atoms with van der Waals surface area (Å²) >= 11 is 0. The van der Waals surface area contributed by atoms with Crippen LogP contribution in [0.5, 0.6) is 0 Å². The monoisotopic (exact) mass is 331 g/mol. The van der Waals surface area contributed by atoms with Gasteiger partial charge in [-0.05, 0) is 12.1 Å². The molecule has 3 rings (SSSR count). The lowest BCUT2D eigenvalue weighted by Gasteiger charge is -2.05. The number of nitriles is 1. The molecule has 1 aromatic heterocycles. The van der Waals surface area contributed by atoms with Crippen LogP contribution in [0.4, 0.5) is 0 Å². The number of nitrogens with one attached hydrogen (secondary N) is 2. The van der Waals surface area contributed by atoms with E-state index in [1.165, 1.54) is 0 Å². The Morgan fingerprint density at radius 1 is 1.08 bits per heavy atom. The molecular weight excluding hydrogens is 314 g/mol. The Labute approximate surface area is 145 Å². The molecule has 0 unspecified atom stereocenters. The maximum absolute atomic E-state index is 12.5. The number of nitrogens with zero attached hydrogens (tertiary/aromatic N) is 3. The van der Waals surface area contributed by atoms with Crippen LogP contribution < -0.4 is 10.9 Å². The minimum atomic E-state index is -0.293. The van der Waals surface area contributed by atoms with Gasteiger partial charge in [0.2, 0.25) is 0 Å². The zero-order valence-corrected chi connectivity index (χ0v) is 13.5. The first-order chi connectivity index (χ1) is 12.3. The summed E-state index contributed by atoms with van der Waals surface area (Å²) in [6.07, 6.45) is 2.02. The molecule has 0 aliphatic heterocycles. The van der Waals surface area contributed by atoms with Crippen molar-refractivity contribution in [2.45, 2.75) is 6.42 Å². The highest BCUT2D eigenvalue weighted by molar-refractivity contribution is 5.99. The third-order valence-electron chi connectivity index (χ3n) is 3.59. The minimum Gasteiger partial charge on any atom is -0.287 e. The summed E-state index contributed by atoms with van der Waals surface area (Å²) < 4.78 is 1.69. The van der Waals surface area contributed by atoms with Gasteiger partial charge in [-0.25, -0.2) is 10.1 Å². The van der Waals surface area contributed by atoms with Crippen molar-refractivity contribution in [3.63, 3.8) is 0 Å². The normalized spacial score (nSPS) is 10.2. The summed E-state index contributed by atoms with van der Waals surface area (Å²) in [5.74, 6) is -0.293. The van der Waals surface area contributed by atoms with Crippen molar-refractivity contribution in [1.82, 2.24) is 20.6 Å². The second-order valence-corrected chi connectivity index (χ2v) is 5.33. The minimum absolute atomic E-state index is 0.293. The van der Waals surface area contributed by atoms with E-state index in [0.29, 0.717) is 24.2 Å². The quantitative estimate of drug-likeness (QED) is 0.537. The molecule has 25 heavy (non-hydrogen) atoms. The van der Waals surface area contributed by atoms with Crippen LogP contribution in [-0.4, -0.2) is 22.2 Å². The molecule has 0 saturated heterocycles. The number of carbonyl (C=O) groups is 1. The summed E-state index contributed by atoms with van der Waals surface area (Å²) in [5.41, 5.74) is 8.16. The Kier molecular flexibility index (Phi) is 5.19. The van der Waals surface area contributed by atoms with E-state index in [2.05, 4.69) is 16.0 Å². The zero-order chi connectivity index (χ0) is 17.5. The van der Waals surface area contributed by atoms with E-state index in [1.54, 1.807) is 10.9 Å². The Bertz CT molecular complexity index is 881. The van der Waals surface area contributed by atoms with E-state index >= 15 is 0 Å². The van der Waals surface area contributed by atoms with Gasteiger partial charge in [-0.3, -0.25) is 10.2 Å². The largest absolute Gasteiger partial charge is 0.287 e. The van der Waals surface area contributed by atoms with Crippen molar-refractivity contribution in [2.75, 3.05) is 6.54 Å². The Morgan fingerprint density at radius 2 is 1.76 bits per heavy atom. The molecule has 6 nitrogen and oxygen atoms in total. The number of para-hydroxylation sites is 1. The molecule has 0 aliphatic carbocycles. The summed E-state index contributed by atoms with van der Waals surface area (Å²) in [7, 11) is 0. The second-order valence-electron chi connectivity index (χ2n) is 5.33. The molecule has 6 heteroatoms. The highest BCUT2D eigenvalue weighted by Gasteiger charge is 2.18. The third-order valence-corrected chi connectivity index (χ3v) is 3.59. The number of rotatable bonds is 6. The molecule has 0 aliphatic rings. The number of aromatic nitrogens is 2. The molecule has 1 heterocycles. The van der Waals surface area contributed by atoms with E-state index in [-0.39, 0.29) is 5.91 Å². The van der Waals surface area contributed by atoms with Gasteiger partial charge < -0.3 is 0 Å². The fraction of sp³-hybridized carbons (Fsp3) is 0.105. The molecule has 2 N–H and O–H groups in total. The van der Waals surface area contributed by atoms with Crippen LogP contribution >= 0.6 is 0 Å². The highest BCUT2D eigenvalue weighted by atomic mass is 16.2. The lowest BCUT2D eigenvalue weighted by molar-refractivity contribution is 0.0934. The lowest BCUT2D eigenvalue weighted by atomic mass is 10.1. The van der Waals surface area contributed by atoms with E-state index in [0.717, 1.165) is 11.3 Å². The van der Waals surface area contributed by atoms with Gasteiger partial charge in [-0.2, -0.15) is 10.4 Å². The summed E-state index contributed by atoms with van der Waals surface area (Å²) in [6.45, 7) is 0.385. The fourth-order valence-corrected chi connectivity index (χ4v) is 2.39. The maximum atomic E-state index is 12.5. The molecule has 0 atom stereocenters. The summed E-state index contributed by atoms with van der Waals surface area (Å²) in [4.78, 5) is 12.5. The van der Waals surface area contributed by atoms with Crippen LogP contribution in [-0.2, 0) is 0 Å². The molecule has 0 bridgehead atoms. The number of hydrogen-bond donors (Lipinski definition) is 2. The van der Waals surface area contributed by atoms with E-state index in [9.17, 15) is 4.79 Å². The number of hydrazine groups is 1. The molecule has 0 saturated carbocycles. The maximum Gasteiger partial charge on any atom is 0.269 e. The van der Waals surface area contributed by atoms with Gasteiger partial charge in [0.25, 0.3) is 5.91 Å². The number of carbonyl (C=O) groups excluding carboxylic acids is 1. The highest BCUT2D eigenvalue weighted by Crippen LogP contribution is 2.23. The molecule has 3 aromatic rings. The molecule has 0 spiro atoms. The second kappa shape index (κ2) is 7.90. The molecule has 0 fully saturated rings. The van der Waals surface area contributed by atoms with Crippen molar-refractivity contribution in [3.8, 4) is 23.0 Å². The van der Waals surface area contributed by atoms with E-state index in [1.807, 2.05) is 66.7 Å². The fourth-order valence-electron chi connectivity index (χ4n) is 2.39. The average Bonchev–Trinajstić information content (AvgIpc) is 3.12. The van der Waals surface area contributed by atoms with Crippen molar-refractivity contribution >= 4 is 5.91 Å². The van der Waals surface area contributed by atoms with Crippen molar-refractivity contribution in [3.05, 3.63) is 72.4 Å². The summed E-state index contributed by atoms with van der Waals surface area (Å²) in [6, 6.07) is 21.2. The lowest BCUT2D eigenvalue weighted by Crippen LogP contribution is -2.37. The molecule has 2 aromatic carbocycles. The van der Waals surface area contributed by atoms with Crippen LogP contribution in [0, 0.1) is 11.3 Å². The van der Waals surface area contributed by atoms with Gasteiger partial charge in [0.1, 0.15) is 5.69 Å². The van der Waals surface area contributed by atoms with Gasteiger partial charge in [-0.1, -0.05) is 48.5 Å². The van der Waals surface area contributed by atoms with Crippen molar-refractivity contribution in [2.24, 2.45) is 0 Å². The molecule has 1 amide bonds. The SMILES string of the molecule is N#CCCNNC(=O)c1cn(-c2ccccc2)nc1-c1ccccc1. The smallest absolute Gasteiger partial charge is 0.269 e. The number of amides is 1. The first-order valence-electron chi connectivity index (χ1n) is 7.90. The predicted octanol–water partition coefficient (Wildman–Crippen LogP) is 2.69. The molecule has 0 radical (unpaired) electrons. The zero-order valence-electron chi connectivity index (χ0n) is 13.5. The van der Waals surface area contributed by atoms with E-state index in [4.69, 9.17) is 5.26 Å². The van der Waals surface area contributed by atoms with Gasteiger partial charge in [0, 0.05) is 24.7 Å². The van der Waals surface area contributed by atoms with Crippen LogP contribution in [0.1, 0.15) is 16.8 Å². The van der Waals surface area contributed by atoms with Crippen LogP contribution in [0.3, 0.4) is 0 Å². The first-order valence-corrected chi connectivity index (χ1v) is 7.90. The van der Waals surface area contributed by atoms with Crippen LogP contribution in [0.2, 0.25) is 0 Å². The first kappa shape index (κ1) is 16.4. The third kappa shape index (κ3) is 3.91. The topological polar surface area (TPSA) is 82.7 Å². The number of hydrogen-bond acceptors (Lipinski definition) is 4. The molecular formula is C19H17N5O.